The van der Waals surface area contributed by atoms with Crippen LogP contribution in [0.15, 0.2) is 24.3 Å². The number of carbonyl (C=O) groups is 2. The van der Waals surface area contributed by atoms with Crippen molar-refractivity contribution in [3.05, 3.63) is 41.2 Å². The zero-order valence-electron chi connectivity index (χ0n) is 17.4. The average Bonchev–Trinajstić information content (AvgIpc) is 2.62. The van der Waals surface area contributed by atoms with Gasteiger partial charge in [0.25, 0.3) is 5.91 Å². The summed E-state index contributed by atoms with van der Waals surface area (Å²) in [5.41, 5.74) is 12.6. The number of esters is 1. The van der Waals surface area contributed by atoms with Crippen LogP contribution in [-0.2, 0) is 21.6 Å². The minimum atomic E-state index is -0.832. The van der Waals surface area contributed by atoms with E-state index in [1.165, 1.54) is 0 Å². The Morgan fingerprint density at radius 2 is 1.59 bits per heavy atom. The Kier molecular flexibility index (Phi) is 6.73. The molecule has 1 atom stereocenters. The van der Waals surface area contributed by atoms with Gasteiger partial charge in [0.2, 0.25) is 11.9 Å². The van der Waals surface area contributed by atoms with Crippen LogP contribution in [0.1, 0.15) is 56.4 Å². The number of hydrogen-bond donors (Lipinski definition) is 3. The zero-order chi connectivity index (χ0) is 21.8. The van der Waals surface area contributed by atoms with Gasteiger partial charge in [-0.3, -0.25) is 4.79 Å². The number of amides is 1. The number of aromatic nitrogens is 3. The lowest BCUT2D eigenvalue weighted by Crippen LogP contribution is -2.45. The highest BCUT2D eigenvalue weighted by atomic mass is 16.5. The fourth-order valence-electron chi connectivity index (χ4n) is 2.59. The number of ether oxygens (including phenoxy) is 1. The predicted octanol–water partition coefficient (Wildman–Crippen LogP) is 1.83. The summed E-state index contributed by atoms with van der Waals surface area (Å²) in [5.74, 6) is -1.12. The fourth-order valence-corrected chi connectivity index (χ4v) is 2.59. The van der Waals surface area contributed by atoms with Crippen molar-refractivity contribution in [2.24, 2.45) is 5.92 Å². The summed E-state index contributed by atoms with van der Waals surface area (Å²) in [6.07, 6.45) is 0. The lowest BCUT2D eigenvalue weighted by atomic mass is 9.86. The monoisotopic (exact) mass is 400 g/mol. The smallest absolute Gasteiger partial charge is 0.329 e. The molecule has 0 bridgehead atoms. The molecule has 0 saturated carbocycles. The molecule has 2 rings (SSSR count). The van der Waals surface area contributed by atoms with Crippen LogP contribution >= 0.6 is 0 Å². The van der Waals surface area contributed by atoms with Crippen LogP contribution in [0.25, 0.3) is 0 Å². The van der Waals surface area contributed by atoms with Crippen LogP contribution in [0.5, 0.6) is 0 Å². The summed E-state index contributed by atoms with van der Waals surface area (Å²) in [5, 5.41) is 2.73. The largest absolute Gasteiger partial charge is 0.456 e. The first-order valence-corrected chi connectivity index (χ1v) is 9.31. The first kappa shape index (κ1) is 22.1. The van der Waals surface area contributed by atoms with Crippen LogP contribution < -0.4 is 16.8 Å². The molecule has 156 valence electrons. The zero-order valence-corrected chi connectivity index (χ0v) is 17.4. The first-order chi connectivity index (χ1) is 13.5. The van der Waals surface area contributed by atoms with Crippen molar-refractivity contribution >= 4 is 23.8 Å². The van der Waals surface area contributed by atoms with E-state index >= 15 is 0 Å². The van der Waals surface area contributed by atoms with Crippen molar-refractivity contribution in [1.29, 1.82) is 0 Å². The van der Waals surface area contributed by atoms with Crippen LogP contribution in [0, 0.1) is 5.92 Å². The number of nitrogens with zero attached hydrogens (tertiary/aromatic N) is 3. The van der Waals surface area contributed by atoms with Gasteiger partial charge >= 0.3 is 5.97 Å². The van der Waals surface area contributed by atoms with Gasteiger partial charge in [-0.05, 0) is 29.0 Å². The topological polar surface area (TPSA) is 146 Å². The molecular formula is C20H28N6O3. The second kappa shape index (κ2) is 8.85. The summed E-state index contributed by atoms with van der Waals surface area (Å²) in [6.45, 7) is 9.69. The third-order valence-electron chi connectivity index (χ3n) is 4.28. The molecule has 2 aromatic rings. The number of hydrogen-bond acceptors (Lipinski definition) is 8. The lowest BCUT2D eigenvalue weighted by Gasteiger charge is -2.22. The molecule has 1 aromatic carbocycles. The summed E-state index contributed by atoms with van der Waals surface area (Å²) < 4.78 is 5.24. The van der Waals surface area contributed by atoms with Gasteiger partial charge in [-0.25, -0.2) is 4.79 Å². The highest BCUT2D eigenvalue weighted by molar-refractivity contribution is 5.96. The molecule has 0 saturated heterocycles. The Morgan fingerprint density at radius 3 is 2.07 bits per heavy atom. The van der Waals surface area contributed by atoms with Crippen molar-refractivity contribution in [1.82, 2.24) is 20.3 Å². The van der Waals surface area contributed by atoms with Gasteiger partial charge in [0, 0.05) is 5.56 Å². The molecule has 9 heteroatoms. The van der Waals surface area contributed by atoms with Gasteiger partial charge in [0.1, 0.15) is 6.04 Å². The van der Waals surface area contributed by atoms with Crippen molar-refractivity contribution in [2.45, 2.75) is 52.7 Å². The highest BCUT2D eigenvalue weighted by Crippen LogP contribution is 2.22. The van der Waals surface area contributed by atoms with E-state index in [-0.39, 0.29) is 41.6 Å². The van der Waals surface area contributed by atoms with Crippen LogP contribution in [-0.4, -0.2) is 32.9 Å². The lowest BCUT2D eigenvalue weighted by molar-refractivity contribution is -0.148. The Balaban J connectivity index is 2.04. The predicted molar refractivity (Wildman–Crippen MR) is 110 cm³/mol. The molecule has 0 unspecified atom stereocenters. The molecule has 1 heterocycles. The van der Waals surface area contributed by atoms with Gasteiger partial charge in [-0.15, -0.1) is 0 Å². The van der Waals surface area contributed by atoms with Gasteiger partial charge in [-0.1, -0.05) is 46.8 Å². The van der Waals surface area contributed by atoms with Crippen LogP contribution in [0.2, 0.25) is 0 Å². The molecular weight excluding hydrogens is 372 g/mol. The molecule has 9 nitrogen and oxygen atoms in total. The number of nitrogens with one attached hydrogen (secondary N) is 1. The van der Waals surface area contributed by atoms with Gasteiger partial charge in [0.05, 0.1) is 0 Å². The summed E-state index contributed by atoms with van der Waals surface area (Å²) >= 11 is 0. The third-order valence-corrected chi connectivity index (χ3v) is 4.28. The van der Waals surface area contributed by atoms with Crippen molar-refractivity contribution < 1.29 is 14.3 Å². The van der Waals surface area contributed by atoms with Crippen LogP contribution in [0.4, 0.5) is 11.9 Å². The molecule has 0 fully saturated rings. The van der Waals surface area contributed by atoms with E-state index in [4.69, 9.17) is 16.2 Å². The Morgan fingerprint density at radius 1 is 1.03 bits per heavy atom. The van der Waals surface area contributed by atoms with Gasteiger partial charge in [0.15, 0.2) is 12.4 Å². The number of rotatable bonds is 6. The van der Waals surface area contributed by atoms with Crippen molar-refractivity contribution in [3.8, 4) is 0 Å². The van der Waals surface area contributed by atoms with E-state index in [1.54, 1.807) is 12.1 Å². The average molecular weight is 400 g/mol. The maximum absolute atomic E-state index is 12.6. The highest BCUT2D eigenvalue weighted by Gasteiger charge is 2.27. The number of carbonyl (C=O) groups excluding carboxylic acids is 2. The number of anilines is 2. The van der Waals surface area contributed by atoms with Crippen LogP contribution in [0.3, 0.4) is 0 Å². The molecule has 1 aromatic heterocycles. The van der Waals surface area contributed by atoms with E-state index in [2.05, 4.69) is 41.0 Å². The Labute approximate surface area is 170 Å². The van der Waals surface area contributed by atoms with E-state index in [9.17, 15) is 9.59 Å². The molecule has 29 heavy (non-hydrogen) atoms. The fraction of sp³-hybridized carbons (Fsp3) is 0.450. The summed E-state index contributed by atoms with van der Waals surface area (Å²) in [6, 6.07) is 6.48. The summed E-state index contributed by atoms with van der Waals surface area (Å²) in [7, 11) is 0. The normalized spacial score (nSPS) is 12.5. The van der Waals surface area contributed by atoms with E-state index < -0.39 is 12.0 Å². The number of benzene rings is 1. The number of nitrogen functional groups attached to an aromatic ring is 2. The second-order valence-electron chi connectivity index (χ2n) is 8.10. The minimum absolute atomic E-state index is 0.0128. The molecule has 0 aliphatic rings. The minimum Gasteiger partial charge on any atom is -0.456 e. The first-order valence-electron chi connectivity index (χ1n) is 9.31. The molecule has 0 spiro atoms. The van der Waals surface area contributed by atoms with E-state index in [0.29, 0.717) is 5.56 Å². The number of nitrogens with two attached hydrogens (primary N) is 2. The molecule has 0 radical (unpaired) electrons. The SMILES string of the molecule is CC(C)[C@H](NC(=O)c1ccc(C(C)(C)C)cc1)C(=O)OCc1nc(N)nc(N)n1. The van der Waals surface area contributed by atoms with Gasteiger partial charge in [-0.2, -0.15) is 15.0 Å². The molecule has 5 N–H and O–H groups in total. The third kappa shape index (κ3) is 6.13. The van der Waals surface area contributed by atoms with E-state index in [1.807, 2.05) is 26.0 Å². The molecule has 0 aliphatic carbocycles. The Hall–Kier alpha value is -3.23. The van der Waals surface area contributed by atoms with Crippen molar-refractivity contribution in [3.63, 3.8) is 0 Å². The second-order valence-corrected chi connectivity index (χ2v) is 8.10. The maximum atomic E-state index is 12.6. The molecule has 0 aliphatic heterocycles. The van der Waals surface area contributed by atoms with Crippen molar-refractivity contribution in [2.75, 3.05) is 11.5 Å². The Bertz CT molecular complexity index is 855. The standard InChI is InChI=1S/C20H28N6O3/c1-11(2)15(17(28)29-10-14-23-18(21)26-19(22)24-14)25-16(27)12-6-8-13(9-7-12)20(3,4)5/h6-9,11,15H,10H2,1-5H3,(H,25,27)(H4,21,22,23,24,26)/t15-/m0/s1. The molecule has 1 amide bonds. The summed E-state index contributed by atoms with van der Waals surface area (Å²) in [4.78, 5) is 36.5. The van der Waals surface area contributed by atoms with E-state index in [0.717, 1.165) is 5.56 Å². The maximum Gasteiger partial charge on any atom is 0.329 e. The quantitative estimate of drug-likeness (QED) is 0.622. The van der Waals surface area contributed by atoms with Gasteiger partial charge < -0.3 is 21.5 Å².